The summed E-state index contributed by atoms with van der Waals surface area (Å²) in [5.74, 6) is 0.577. The molecule has 2 nitrogen and oxygen atoms in total. The molecule has 2 aromatic rings. The molecule has 20 heavy (non-hydrogen) atoms. The summed E-state index contributed by atoms with van der Waals surface area (Å²) in [5.41, 5.74) is 9.68. The largest absolute Gasteiger partial charge is 0.488 e. The van der Waals surface area contributed by atoms with Gasteiger partial charge in [0.15, 0.2) is 0 Å². The molecule has 1 heterocycles. The van der Waals surface area contributed by atoms with Gasteiger partial charge in [-0.15, -0.1) is 0 Å². The summed E-state index contributed by atoms with van der Waals surface area (Å²) in [6.07, 6.45) is 1.55. The van der Waals surface area contributed by atoms with E-state index in [9.17, 15) is 4.39 Å². The van der Waals surface area contributed by atoms with Crippen LogP contribution in [0.2, 0.25) is 0 Å². The lowest BCUT2D eigenvalue weighted by atomic mass is 9.95. The highest BCUT2D eigenvalue weighted by molar-refractivity contribution is 5.75. The summed E-state index contributed by atoms with van der Waals surface area (Å²) in [4.78, 5) is 0. The summed E-state index contributed by atoms with van der Waals surface area (Å²) in [6, 6.07) is 11.2. The predicted molar refractivity (Wildman–Crippen MR) is 78.4 cm³/mol. The van der Waals surface area contributed by atoms with Gasteiger partial charge in [-0.3, -0.25) is 0 Å². The van der Waals surface area contributed by atoms with Crippen LogP contribution in [0.15, 0.2) is 36.4 Å². The van der Waals surface area contributed by atoms with Gasteiger partial charge in [-0.25, -0.2) is 4.39 Å². The Hall–Kier alpha value is -1.87. The van der Waals surface area contributed by atoms with Crippen LogP contribution < -0.4 is 10.5 Å². The zero-order valence-corrected chi connectivity index (χ0v) is 11.5. The van der Waals surface area contributed by atoms with E-state index >= 15 is 0 Å². The lowest BCUT2D eigenvalue weighted by molar-refractivity contribution is 0.242. The maximum Gasteiger partial charge on any atom is 0.131 e. The normalized spacial score (nSPS) is 16.9. The van der Waals surface area contributed by atoms with Gasteiger partial charge in [0.2, 0.25) is 0 Å². The predicted octanol–water partition coefficient (Wildman–Crippen LogP) is 3.32. The fourth-order valence-electron chi connectivity index (χ4n) is 2.82. The van der Waals surface area contributed by atoms with Crippen molar-refractivity contribution >= 4 is 0 Å². The Balaban J connectivity index is 2.16. The van der Waals surface area contributed by atoms with Crippen LogP contribution in [0.1, 0.15) is 18.1 Å². The molecule has 0 amide bonds. The summed E-state index contributed by atoms with van der Waals surface area (Å²) in [7, 11) is 0. The Kier molecular flexibility index (Phi) is 3.45. The van der Waals surface area contributed by atoms with E-state index in [1.165, 1.54) is 5.56 Å². The molecular formula is C17H18FNO. The van der Waals surface area contributed by atoms with Gasteiger partial charge < -0.3 is 10.5 Å². The Morgan fingerprint density at radius 3 is 2.80 bits per heavy atom. The van der Waals surface area contributed by atoms with Gasteiger partial charge >= 0.3 is 0 Å². The molecule has 3 heteroatoms. The Labute approximate surface area is 118 Å². The molecule has 0 fully saturated rings. The number of hydrogen-bond acceptors (Lipinski definition) is 2. The van der Waals surface area contributed by atoms with Crippen molar-refractivity contribution in [2.45, 2.75) is 25.9 Å². The zero-order valence-electron chi connectivity index (χ0n) is 11.5. The molecule has 0 bridgehead atoms. The molecule has 1 aliphatic heterocycles. The second-order valence-corrected chi connectivity index (χ2v) is 5.13. The average Bonchev–Trinajstić information content (AvgIpc) is 2.89. The van der Waals surface area contributed by atoms with Crippen LogP contribution in [0.4, 0.5) is 4.39 Å². The van der Waals surface area contributed by atoms with E-state index in [4.69, 9.17) is 10.5 Å². The average molecular weight is 271 g/mol. The van der Waals surface area contributed by atoms with Crippen molar-refractivity contribution in [3.63, 3.8) is 0 Å². The molecule has 0 aromatic heterocycles. The number of halogens is 1. The molecule has 1 unspecified atom stereocenters. The standard InChI is InChI=1S/C17H18FNO/c1-2-11-5-3-4-6-15(11)16-9-13(18)7-12-8-14(10-19)20-17(12)16/h3-7,9,14H,2,8,10,19H2,1H3. The number of fused-ring (bicyclic) bond motifs is 1. The van der Waals surface area contributed by atoms with Crippen molar-refractivity contribution in [3.05, 3.63) is 53.3 Å². The first kappa shape index (κ1) is 13.1. The number of nitrogens with two attached hydrogens (primary N) is 1. The first-order valence-electron chi connectivity index (χ1n) is 7.00. The first-order valence-corrected chi connectivity index (χ1v) is 7.00. The van der Waals surface area contributed by atoms with Crippen molar-refractivity contribution in [2.75, 3.05) is 6.54 Å². The van der Waals surface area contributed by atoms with E-state index in [1.807, 2.05) is 18.2 Å². The van der Waals surface area contributed by atoms with E-state index in [-0.39, 0.29) is 11.9 Å². The fraction of sp³-hybridized carbons (Fsp3) is 0.294. The SMILES string of the molecule is CCc1ccccc1-c1cc(F)cc2c1OC(CN)C2. The van der Waals surface area contributed by atoms with E-state index in [0.29, 0.717) is 13.0 Å². The minimum Gasteiger partial charge on any atom is -0.488 e. The molecule has 2 aromatic carbocycles. The monoisotopic (exact) mass is 271 g/mol. The fourth-order valence-corrected chi connectivity index (χ4v) is 2.82. The molecule has 0 saturated heterocycles. The van der Waals surface area contributed by atoms with Crippen LogP contribution in [-0.2, 0) is 12.8 Å². The Morgan fingerprint density at radius 1 is 1.25 bits per heavy atom. The second-order valence-electron chi connectivity index (χ2n) is 5.13. The highest BCUT2D eigenvalue weighted by atomic mass is 19.1. The molecule has 1 aliphatic rings. The topological polar surface area (TPSA) is 35.2 Å². The highest BCUT2D eigenvalue weighted by Crippen LogP contribution is 2.40. The smallest absolute Gasteiger partial charge is 0.131 e. The molecule has 0 aliphatic carbocycles. The molecule has 0 radical (unpaired) electrons. The molecule has 3 rings (SSSR count). The van der Waals surface area contributed by atoms with E-state index in [0.717, 1.165) is 28.9 Å². The van der Waals surface area contributed by atoms with Crippen molar-refractivity contribution < 1.29 is 9.13 Å². The van der Waals surface area contributed by atoms with Gasteiger partial charge in [-0.2, -0.15) is 0 Å². The molecular weight excluding hydrogens is 253 g/mol. The quantitative estimate of drug-likeness (QED) is 0.929. The van der Waals surface area contributed by atoms with Gasteiger partial charge in [0.25, 0.3) is 0 Å². The third-order valence-corrected chi connectivity index (χ3v) is 3.81. The van der Waals surface area contributed by atoms with Crippen LogP contribution in [0.25, 0.3) is 11.1 Å². The maximum absolute atomic E-state index is 13.9. The van der Waals surface area contributed by atoms with Crippen molar-refractivity contribution in [1.29, 1.82) is 0 Å². The molecule has 0 saturated carbocycles. The number of hydrogen-bond donors (Lipinski definition) is 1. The summed E-state index contributed by atoms with van der Waals surface area (Å²) in [6.45, 7) is 2.55. The first-order chi connectivity index (χ1) is 9.72. The lowest BCUT2D eigenvalue weighted by Gasteiger charge is -2.13. The van der Waals surface area contributed by atoms with Crippen LogP contribution in [0.5, 0.6) is 5.75 Å². The van der Waals surface area contributed by atoms with Crippen LogP contribution >= 0.6 is 0 Å². The molecule has 1 atom stereocenters. The van der Waals surface area contributed by atoms with Gasteiger partial charge in [0, 0.05) is 24.1 Å². The lowest BCUT2D eigenvalue weighted by Crippen LogP contribution is -2.24. The van der Waals surface area contributed by atoms with Crippen LogP contribution in [0, 0.1) is 5.82 Å². The van der Waals surface area contributed by atoms with Gasteiger partial charge in [0.1, 0.15) is 17.7 Å². The maximum atomic E-state index is 13.9. The van der Waals surface area contributed by atoms with Crippen LogP contribution in [-0.4, -0.2) is 12.6 Å². The van der Waals surface area contributed by atoms with E-state index in [2.05, 4.69) is 13.0 Å². The number of ether oxygens (including phenoxy) is 1. The minimum absolute atomic E-state index is 0.0423. The summed E-state index contributed by atoms with van der Waals surface area (Å²) < 4.78 is 19.8. The second kappa shape index (κ2) is 5.25. The third-order valence-electron chi connectivity index (χ3n) is 3.81. The third kappa shape index (κ3) is 2.18. The summed E-state index contributed by atoms with van der Waals surface area (Å²) in [5, 5.41) is 0. The number of benzene rings is 2. The van der Waals surface area contributed by atoms with E-state index < -0.39 is 0 Å². The van der Waals surface area contributed by atoms with Gasteiger partial charge in [0.05, 0.1) is 0 Å². The zero-order chi connectivity index (χ0) is 14.1. The highest BCUT2D eigenvalue weighted by Gasteiger charge is 2.26. The molecule has 104 valence electrons. The molecule has 2 N–H and O–H groups in total. The Bertz CT molecular complexity index is 639. The summed E-state index contributed by atoms with van der Waals surface area (Å²) >= 11 is 0. The Morgan fingerprint density at radius 2 is 2.05 bits per heavy atom. The van der Waals surface area contributed by atoms with Crippen molar-refractivity contribution in [1.82, 2.24) is 0 Å². The number of aryl methyl sites for hydroxylation is 1. The van der Waals surface area contributed by atoms with Gasteiger partial charge in [-0.1, -0.05) is 31.2 Å². The van der Waals surface area contributed by atoms with Crippen molar-refractivity contribution in [3.8, 4) is 16.9 Å². The van der Waals surface area contributed by atoms with Gasteiger partial charge in [-0.05, 0) is 29.7 Å². The number of rotatable bonds is 3. The van der Waals surface area contributed by atoms with Crippen LogP contribution in [0.3, 0.4) is 0 Å². The minimum atomic E-state index is -0.217. The van der Waals surface area contributed by atoms with E-state index in [1.54, 1.807) is 12.1 Å². The van der Waals surface area contributed by atoms with Crippen molar-refractivity contribution in [2.24, 2.45) is 5.73 Å². The molecule has 0 spiro atoms.